The van der Waals surface area contributed by atoms with Gasteiger partial charge >= 0.3 is 6.55 Å². The zero-order chi connectivity index (χ0) is 19.1. The minimum absolute atomic E-state index is 0. The summed E-state index contributed by atoms with van der Waals surface area (Å²) >= 11 is 1.76. The molecule has 1 fully saturated rings. The lowest BCUT2D eigenvalue weighted by atomic mass is 10.2. The highest BCUT2D eigenvalue weighted by molar-refractivity contribution is 14.0. The average Bonchev–Trinajstić information content (AvgIpc) is 3.41. The van der Waals surface area contributed by atoms with Gasteiger partial charge in [-0.05, 0) is 44.3 Å². The molecule has 28 heavy (non-hydrogen) atoms. The van der Waals surface area contributed by atoms with Crippen LogP contribution in [0, 0.1) is 0 Å². The van der Waals surface area contributed by atoms with Gasteiger partial charge in [-0.25, -0.2) is 9.98 Å². The molecule has 0 amide bonds. The molecule has 1 aliphatic heterocycles. The number of aliphatic imine (C=N–C) groups is 1. The van der Waals surface area contributed by atoms with Crippen molar-refractivity contribution in [2.24, 2.45) is 4.99 Å². The number of alkyl halides is 2. The average molecular weight is 524 g/mol. The number of likely N-dealkylation sites (tertiary alicyclic amines) is 1. The Morgan fingerprint density at radius 3 is 2.75 bits per heavy atom. The second-order valence-corrected chi connectivity index (χ2v) is 7.36. The molecule has 1 saturated heterocycles. The van der Waals surface area contributed by atoms with E-state index in [1.54, 1.807) is 11.3 Å². The van der Waals surface area contributed by atoms with E-state index in [0.717, 1.165) is 24.2 Å². The van der Waals surface area contributed by atoms with Gasteiger partial charge in [-0.1, -0.05) is 6.07 Å². The fourth-order valence-electron chi connectivity index (χ4n) is 3.27. The Labute approximate surface area is 185 Å². The first-order chi connectivity index (χ1) is 13.2. The molecule has 156 valence electrons. The van der Waals surface area contributed by atoms with Crippen molar-refractivity contribution in [2.45, 2.75) is 38.9 Å². The van der Waals surface area contributed by atoms with Crippen molar-refractivity contribution in [3.63, 3.8) is 0 Å². The van der Waals surface area contributed by atoms with Crippen LogP contribution in [0.15, 0.2) is 34.9 Å². The van der Waals surface area contributed by atoms with Gasteiger partial charge in [0.2, 0.25) is 0 Å². The van der Waals surface area contributed by atoms with Crippen molar-refractivity contribution < 1.29 is 8.78 Å². The smallest absolute Gasteiger partial charge is 0.319 e. The van der Waals surface area contributed by atoms with E-state index >= 15 is 0 Å². The van der Waals surface area contributed by atoms with Gasteiger partial charge in [0.25, 0.3) is 0 Å². The second kappa shape index (κ2) is 11.7. The van der Waals surface area contributed by atoms with Gasteiger partial charge in [0.05, 0.1) is 6.04 Å². The molecule has 0 spiro atoms. The van der Waals surface area contributed by atoms with Crippen molar-refractivity contribution >= 4 is 41.3 Å². The highest BCUT2D eigenvalue weighted by Crippen LogP contribution is 2.27. The number of hydrogen-bond donors (Lipinski definition) is 2. The van der Waals surface area contributed by atoms with Gasteiger partial charge in [0.1, 0.15) is 12.4 Å². The monoisotopic (exact) mass is 524 g/mol. The molecule has 2 N–H and O–H groups in total. The summed E-state index contributed by atoms with van der Waals surface area (Å²) in [5.41, 5.74) is 0. The molecule has 2 aromatic rings. The number of hydrogen-bond acceptors (Lipinski definition) is 4. The first-order valence-electron chi connectivity index (χ1n) is 9.28. The summed E-state index contributed by atoms with van der Waals surface area (Å²) in [7, 11) is 0. The van der Waals surface area contributed by atoms with Crippen molar-refractivity contribution in [3.8, 4) is 0 Å². The Balaban J connectivity index is 0.00000280. The molecule has 0 aliphatic carbocycles. The number of aromatic nitrogens is 2. The summed E-state index contributed by atoms with van der Waals surface area (Å²) in [6.07, 6.45) is 5.10. The van der Waals surface area contributed by atoms with Gasteiger partial charge < -0.3 is 10.6 Å². The van der Waals surface area contributed by atoms with Crippen molar-refractivity contribution in [2.75, 3.05) is 26.2 Å². The molecule has 1 unspecified atom stereocenters. The Bertz CT molecular complexity index is 715. The Hall–Kier alpha value is -1.27. The largest absolute Gasteiger partial charge is 0.357 e. The van der Waals surface area contributed by atoms with Crippen molar-refractivity contribution in [1.29, 1.82) is 0 Å². The Kier molecular flexibility index (Phi) is 9.59. The molecule has 3 heterocycles. The van der Waals surface area contributed by atoms with Gasteiger partial charge in [-0.2, -0.15) is 8.78 Å². The number of rotatable bonds is 8. The molecule has 3 rings (SSSR count). The lowest BCUT2D eigenvalue weighted by molar-refractivity contribution is 0.0671. The van der Waals surface area contributed by atoms with Crippen LogP contribution >= 0.6 is 35.3 Å². The van der Waals surface area contributed by atoms with Crippen LogP contribution in [-0.2, 0) is 6.54 Å². The topological polar surface area (TPSA) is 57.5 Å². The maximum Gasteiger partial charge on any atom is 0.319 e. The fourth-order valence-corrected chi connectivity index (χ4v) is 4.13. The van der Waals surface area contributed by atoms with Crippen LogP contribution in [0.3, 0.4) is 0 Å². The Morgan fingerprint density at radius 2 is 2.11 bits per heavy atom. The van der Waals surface area contributed by atoms with Crippen LogP contribution in [-0.4, -0.2) is 46.6 Å². The number of nitrogens with zero attached hydrogens (tertiary/aromatic N) is 4. The predicted molar refractivity (Wildman–Crippen MR) is 120 cm³/mol. The second-order valence-electron chi connectivity index (χ2n) is 6.38. The minimum Gasteiger partial charge on any atom is -0.357 e. The Morgan fingerprint density at radius 1 is 1.32 bits per heavy atom. The highest BCUT2D eigenvalue weighted by atomic mass is 127. The first-order valence-corrected chi connectivity index (χ1v) is 10.2. The molecule has 1 aliphatic rings. The lowest BCUT2D eigenvalue weighted by Gasteiger charge is -2.27. The quantitative estimate of drug-likeness (QED) is 0.313. The van der Waals surface area contributed by atoms with Gasteiger partial charge in [0.15, 0.2) is 5.96 Å². The van der Waals surface area contributed by atoms with Crippen LogP contribution < -0.4 is 10.6 Å². The van der Waals surface area contributed by atoms with E-state index in [4.69, 9.17) is 0 Å². The van der Waals surface area contributed by atoms with E-state index in [1.807, 2.05) is 6.92 Å². The summed E-state index contributed by atoms with van der Waals surface area (Å²) < 4.78 is 26.8. The molecule has 1 atom stereocenters. The number of nitrogens with one attached hydrogen (secondary N) is 2. The minimum atomic E-state index is -2.60. The normalized spacial score (nSPS) is 16.2. The van der Waals surface area contributed by atoms with E-state index in [0.29, 0.717) is 18.5 Å². The van der Waals surface area contributed by atoms with Crippen molar-refractivity contribution in [3.05, 3.63) is 40.6 Å². The molecular formula is C18H27F2IN6S. The summed E-state index contributed by atoms with van der Waals surface area (Å²) in [5.74, 6) is 0.860. The molecule has 2 aromatic heterocycles. The van der Waals surface area contributed by atoms with E-state index in [9.17, 15) is 8.78 Å². The third kappa shape index (κ3) is 6.11. The van der Waals surface area contributed by atoms with Gasteiger partial charge in [0, 0.05) is 30.4 Å². The summed E-state index contributed by atoms with van der Waals surface area (Å²) in [6, 6.07) is 4.53. The van der Waals surface area contributed by atoms with Crippen LogP contribution in [0.5, 0.6) is 0 Å². The van der Waals surface area contributed by atoms with Crippen molar-refractivity contribution in [1.82, 2.24) is 25.1 Å². The number of imidazole rings is 1. The van der Waals surface area contributed by atoms with Crippen LogP contribution in [0.2, 0.25) is 0 Å². The maximum atomic E-state index is 13.0. The highest BCUT2D eigenvalue weighted by Gasteiger charge is 2.24. The van der Waals surface area contributed by atoms with E-state index in [1.165, 1.54) is 30.1 Å². The van der Waals surface area contributed by atoms with Crippen LogP contribution in [0.1, 0.15) is 43.1 Å². The fraction of sp³-hybridized carbons (Fsp3) is 0.556. The third-order valence-corrected chi connectivity index (χ3v) is 5.57. The third-order valence-electron chi connectivity index (χ3n) is 4.60. The molecular weight excluding hydrogens is 497 g/mol. The number of guanidine groups is 1. The van der Waals surface area contributed by atoms with Gasteiger partial charge in [-0.3, -0.25) is 9.47 Å². The standard InChI is InChI=1S/C18H26F2N6S.HI/c1-2-21-18(24-13-16-22-7-10-26(16)17(19)20)23-12-14(15-6-5-11-27-15)25-8-3-4-9-25;/h5-7,10-11,14,17H,2-4,8-9,12-13H2,1H3,(H2,21,23,24);1H. The summed E-state index contributed by atoms with van der Waals surface area (Å²) in [6.45, 7) is 3.09. The maximum absolute atomic E-state index is 13.0. The first kappa shape index (κ1) is 23.0. The van der Waals surface area contributed by atoms with Crippen LogP contribution in [0.4, 0.5) is 8.78 Å². The lowest BCUT2D eigenvalue weighted by Crippen LogP contribution is -2.42. The molecule has 0 bridgehead atoms. The van der Waals surface area contributed by atoms with Gasteiger partial charge in [-0.15, -0.1) is 35.3 Å². The zero-order valence-corrected chi connectivity index (χ0v) is 19.0. The molecule has 6 nitrogen and oxygen atoms in total. The number of thiophene rings is 1. The van der Waals surface area contributed by atoms with E-state index < -0.39 is 6.55 Å². The van der Waals surface area contributed by atoms with E-state index in [-0.39, 0.29) is 36.3 Å². The molecule has 0 aromatic carbocycles. The van der Waals surface area contributed by atoms with Crippen LogP contribution in [0.25, 0.3) is 0 Å². The van der Waals surface area contributed by atoms with E-state index in [2.05, 4.69) is 43.0 Å². The SMILES string of the molecule is CCNC(=NCc1nccn1C(F)F)NCC(c1cccs1)N1CCCC1.I. The number of halogens is 3. The predicted octanol–water partition coefficient (Wildman–Crippen LogP) is 3.85. The molecule has 10 heteroatoms. The summed E-state index contributed by atoms with van der Waals surface area (Å²) in [4.78, 5) is 12.2. The summed E-state index contributed by atoms with van der Waals surface area (Å²) in [5, 5.41) is 8.66. The zero-order valence-electron chi connectivity index (χ0n) is 15.9. The molecule has 0 saturated carbocycles. The molecule has 0 radical (unpaired) electrons.